The van der Waals surface area contributed by atoms with Crippen LogP contribution in [0.3, 0.4) is 0 Å². The number of piperidine rings is 1. The SMILES string of the molecule is CNCC1CCN(S(=O)(=O)c2ccc(C(=O)OC)cc2C)CC1. The van der Waals surface area contributed by atoms with Crippen molar-refractivity contribution in [3.63, 3.8) is 0 Å². The fourth-order valence-electron chi connectivity index (χ4n) is 2.97. The Morgan fingerprint density at radius 2 is 2.00 bits per heavy atom. The van der Waals surface area contributed by atoms with Gasteiger partial charge in [-0.2, -0.15) is 4.31 Å². The lowest BCUT2D eigenvalue weighted by atomic mass is 9.98. The molecule has 0 radical (unpaired) electrons. The number of carbonyl (C=O) groups excluding carboxylic acids is 1. The fourth-order valence-corrected chi connectivity index (χ4v) is 4.64. The van der Waals surface area contributed by atoms with Gasteiger partial charge in [0.25, 0.3) is 0 Å². The lowest BCUT2D eigenvalue weighted by molar-refractivity contribution is 0.0600. The van der Waals surface area contributed by atoms with E-state index >= 15 is 0 Å². The van der Waals surface area contributed by atoms with Crippen molar-refractivity contribution in [2.75, 3.05) is 33.8 Å². The molecule has 6 nitrogen and oxygen atoms in total. The molecule has 128 valence electrons. The summed E-state index contributed by atoms with van der Waals surface area (Å²) in [6, 6.07) is 4.56. The summed E-state index contributed by atoms with van der Waals surface area (Å²) in [4.78, 5) is 11.8. The number of hydrogen-bond donors (Lipinski definition) is 1. The highest BCUT2D eigenvalue weighted by Crippen LogP contribution is 2.26. The molecule has 2 rings (SSSR count). The van der Waals surface area contributed by atoms with E-state index in [1.807, 2.05) is 7.05 Å². The van der Waals surface area contributed by atoms with Crippen LogP contribution in [-0.2, 0) is 14.8 Å². The highest BCUT2D eigenvalue weighted by Gasteiger charge is 2.30. The first-order valence-electron chi connectivity index (χ1n) is 7.74. The lowest BCUT2D eigenvalue weighted by Crippen LogP contribution is -2.40. The van der Waals surface area contributed by atoms with Gasteiger partial charge in [-0.25, -0.2) is 13.2 Å². The summed E-state index contributed by atoms with van der Waals surface area (Å²) in [5.74, 6) is 0.0548. The van der Waals surface area contributed by atoms with Gasteiger partial charge >= 0.3 is 5.97 Å². The molecule has 0 amide bonds. The smallest absolute Gasteiger partial charge is 0.337 e. The Hall–Kier alpha value is -1.44. The fraction of sp³-hybridized carbons (Fsp3) is 0.562. The van der Waals surface area contributed by atoms with E-state index in [4.69, 9.17) is 0 Å². The third-order valence-electron chi connectivity index (χ3n) is 4.28. The van der Waals surface area contributed by atoms with Crippen molar-refractivity contribution in [2.24, 2.45) is 5.92 Å². The third-order valence-corrected chi connectivity index (χ3v) is 6.34. The van der Waals surface area contributed by atoms with E-state index in [0.717, 1.165) is 19.4 Å². The Balaban J connectivity index is 2.19. The molecule has 1 fully saturated rings. The number of ether oxygens (including phenoxy) is 1. The quantitative estimate of drug-likeness (QED) is 0.820. The minimum atomic E-state index is -3.52. The number of nitrogens with zero attached hydrogens (tertiary/aromatic N) is 1. The van der Waals surface area contributed by atoms with Crippen molar-refractivity contribution >= 4 is 16.0 Å². The molecule has 1 N–H and O–H groups in total. The molecule has 23 heavy (non-hydrogen) atoms. The Morgan fingerprint density at radius 3 is 2.52 bits per heavy atom. The van der Waals surface area contributed by atoms with E-state index in [9.17, 15) is 13.2 Å². The number of benzene rings is 1. The van der Waals surface area contributed by atoms with Crippen LogP contribution in [0.25, 0.3) is 0 Å². The third kappa shape index (κ3) is 3.91. The largest absolute Gasteiger partial charge is 0.465 e. The molecule has 0 aromatic heterocycles. The summed E-state index contributed by atoms with van der Waals surface area (Å²) < 4.78 is 31.8. The topological polar surface area (TPSA) is 75.7 Å². The maximum Gasteiger partial charge on any atom is 0.337 e. The number of hydrogen-bond acceptors (Lipinski definition) is 5. The van der Waals surface area contributed by atoms with E-state index in [2.05, 4.69) is 10.1 Å². The molecule has 1 aliphatic heterocycles. The van der Waals surface area contributed by atoms with Crippen LogP contribution in [0.1, 0.15) is 28.8 Å². The predicted octanol–water partition coefficient (Wildman–Crippen LogP) is 1.40. The van der Waals surface area contributed by atoms with E-state index < -0.39 is 16.0 Å². The number of rotatable bonds is 5. The highest BCUT2D eigenvalue weighted by atomic mass is 32.2. The van der Waals surface area contributed by atoms with Gasteiger partial charge in [-0.05, 0) is 63.0 Å². The van der Waals surface area contributed by atoms with Gasteiger partial charge in [0.15, 0.2) is 0 Å². The van der Waals surface area contributed by atoms with Crippen LogP contribution >= 0.6 is 0 Å². The zero-order chi connectivity index (χ0) is 17.0. The molecule has 1 aliphatic rings. The second-order valence-electron chi connectivity index (χ2n) is 5.88. The van der Waals surface area contributed by atoms with Crippen LogP contribution in [0, 0.1) is 12.8 Å². The number of aryl methyl sites for hydroxylation is 1. The first kappa shape index (κ1) is 17.9. The van der Waals surface area contributed by atoms with Crippen molar-refractivity contribution in [1.29, 1.82) is 0 Å². The Bertz CT molecular complexity index is 665. The number of methoxy groups -OCH3 is 1. The summed E-state index contributed by atoms with van der Waals surface area (Å²) in [5, 5.41) is 3.14. The zero-order valence-corrected chi connectivity index (χ0v) is 14.6. The molecule has 0 aliphatic carbocycles. The highest BCUT2D eigenvalue weighted by molar-refractivity contribution is 7.89. The first-order chi connectivity index (χ1) is 10.9. The minimum Gasteiger partial charge on any atom is -0.465 e. The molecule has 1 aromatic rings. The molecule has 0 spiro atoms. The van der Waals surface area contributed by atoms with Gasteiger partial charge in [-0.3, -0.25) is 0 Å². The van der Waals surface area contributed by atoms with Crippen molar-refractivity contribution in [3.8, 4) is 0 Å². The maximum absolute atomic E-state index is 12.8. The van der Waals surface area contributed by atoms with Gasteiger partial charge in [-0.15, -0.1) is 0 Å². The van der Waals surface area contributed by atoms with E-state index in [1.54, 1.807) is 17.3 Å². The summed E-state index contributed by atoms with van der Waals surface area (Å²) in [6.07, 6.45) is 1.72. The maximum atomic E-state index is 12.8. The molecule has 1 heterocycles. The number of sulfonamides is 1. The van der Waals surface area contributed by atoms with E-state index in [-0.39, 0.29) is 4.90 Å². The molecule has 0 saturated carbocycles. The van der Waals surface area contributed by atoms with Crippen molar-refractivity contribution in [2.45, 2.75) is 24.7 Å². The second-order valence-corrected chi connectivity index (χ2v) is 7.78. The van der Waals surface area contributed by atoms with Gasteiger partial charge in [0.2, 0.25) is 10.0 Å². The Kier molecular flexibility index (Phi) is 5.78. The average molecular weight is 340 g/mol. The monoisotopic (exact) mass is 340 g/mol. The summed E-state index contributed by atoms with van der Waals surface area (Å²) in [6.45, 7) is 3.69. The molecule has 1 saturated heterocycles. The summed E-state index contributed by atoms with van der Waals surface area (Å²) in [5.41, 5.74) is 0.918. The molecule has 0 bridgehead atoms. The number of carbonyl (C=O) groups is 1. The second kappa shape index (κ2) is 7.42. The Labute approximate surface area is 137 Å². The van der Waals surface area contributed by atoms with E-state index in [1.165, 1.54) is 19.2 Å². The predicted molar refractivity (Wildman–Crippen MR) is 87.9 cm³/mol. The van der Waals surface area contributed by atoms with Gasteiger partial charge in [0, 0.05) is 13.1 Å². The first-order valence-corrected chi connectivity index (χ1v) is 9.18. The van der Waals surface area contributed by atoms with Gasteiger partial charge < -0.3 is 10.1 Å². The van der Waals surface area contributed by atoms with Crippen molar-refractivity contribution in [1.82, 2.24) is 9.62 Å². The molecular weight excluding hydrogens is 316 g/mol. The summed E-state index contributed by atoms with van der Waals surface area (Å²) in [7, 11) is -0.304. The van der Waals surface area contributed by atoms with Crippen LogP contribution in [0.2, 0.25) is 0 Å². The molecule has 0 atom stereocenters. The van der Waals surface area contributed by atoms with Crippen LogP contribution in [0.4, 0.5) is 0 Å². The number of esters is 1. The standard InChI is InChI=1S/C16H24N2O4S/c1-12-10-14(16(19)22-3)4-5-15(12)23(20,21)18-8-6-13(7-9-18)11-17-2/h4-5,10,13,17H,6-9,11H2,1-3H3. The molecule has 1 aromatic carbocycles. The van der Waals surface area contributed by atoms with Crippen molar-refractivity contribution < 1.29 is 17.9 Å². The summed E-state index contributed by atoms with van der Waals surface area (Å²) >= 11 is 0. The van der Waals surface area contributed by atoms with Crippen LogP contribution in [0.15, 0.2) is 23.1 Å². The van der Waals surface area contributed by atoms with Gasteiger partial charge in [0.1, 0.15) is 0 Å². The van der Waals surface area contributed by atoms with Crippen LogP contribution in [-0.4, -0.2) is 52.5 Å². The number of nitrogens with one attached hydrogen (secondary N) is 1. The van der Waals surface area contributed by atoms with Crippen LogP contribution in [0.5, 0.6) is 0 Å². The molecule has 7 heteroatoms. The average Bonchev–Trinajstić information content (AvgIpc) is 2.54. The van der Waals surface area contributed by atoms with Crippen molar-refractivity contribution in [3.05, 3.63) is 29.3 Å². The zero-order valence-electron chi connectivity index (χ0n) is 13.8. The van der Waals surface area contributed by atoms with E-state index in [0.29, 0.717) is 30.1 Å². The van der Waals surface area contributed by atoms with Gasteiger partial charge in [0.05, 0.1) is 17.6 Å². The Morgan fingerprint density at radius 1 is 1.35 bits per heavy atom. The minimum absolute atomic E-state index is 0.261. The normalized spacial score (nSPS) is 17.2. The van der Waals surface area contributed by atoms with Crippen LogP contribution < -0.4 is 5.32 Å². The van der Waals surface area contributed by atoms with Gasteiger partial charge in [-0.1, -0.05) is 0 Å². The molecular formula is C16H24N2O4S. The lowest BCUT2D eigenvalue weighted by Gasteiger charge is -2.31. The molecule has 0 unspecified atom stereocenters.